The number of carbonyl (C=O) groups excluding carboxylic acids is 1. The van der Waals surface area contributed by atoms with Crippen molar-refractivity contribution in [1.82, 2.24) is 14.5 Å². The predicted molar refractivity (Wildman–Crippen MR) is 126 cm³/mol. The Morgan fingerprint density at radius 3 is 2.42 bits per heavy atom. The van der Waals surface area contributed by atoms with Crippen LogP contribution in [0.5, 0.6) is 0 Å². The highest BCUT2D eigenvalue weighted by atomic mass is 79.9. The van der Waals surface area contributed by atoms with Gasteiger partial charge in [0, 0.05) is 23.5 Å². The summed E-state index contributed by atoms with van der Waals surface area (Å²) in [5, 5.41) is 0.534. The molecule has 7 heteroatoms. The Hall–Kier alpha value is -2.51. The summed E-state index contributed by atoms with van der Waals surface area (Å²) in [7, 11) is 1.61. The van der Waals surface area contributed by atoms with Crippen LogP contribution >= 0.6 is 15.9 Å². The fourth-order valence-electron chi connectivity index (χ4n) is 3.50. The number of amides is 1. The Labute approximate surface area is 191 Å². The molecule has 1 unspecified atom stereocenters. The zero-order valence-electron chi connectivity index (χ0n) is 18.6. The number of benzene rings is 2. The number of nitrogens with zero attached hydrogens (tertiary/aromatic N) is 3. The van der Waals surface area contributed by atoms with E-state index in [1.165, 1.54) is 0 Å². The van der Waals surface area contributed by atoms with Gasteiger partial charge < -0.3 is 9.64 Å². The molecule has 164 valence electrons. The summed E-state index contributed by atoms with van der Waals surface area (Å²) in [4.78, 5) is 33.4. The molecule has 0 aliphatic heterocycles. The first-order valence-corrected chi connectivity index (χ1v) is 11.0. The predicted octanol–water partition coefficient (Wildman–Crippen LogP) is 4.73. The Kier molecular flexibility index (Phi) is 6.96. The van der Waals surface area contributed by atoms with Crippen molar-refractivity contribution in [2.45, 2.75) is 33.7 Å². The van der Waals surface area contributed by atoms with Crippen molar-refractivity contribution >= 4 is 32.7 Å². The second kappa shape index (κ2) is 9.32. The van der Waals surface area contributed by atoms with Gasteiger partial charge in [0.1, 0.15) is 5.82 Å². The summed E-state index contributed by atoms with van der Waals surface area (Å²) in [6.45, 7) is 8.36. The third-order valence-corrected chi connectivity index (χ3v) is 5.70. The van der Waals surface area contributed by atoms with E-state index in [0.717, 1.165) is 4.47 Å². The lowest BCUT2D eigenvalue weighted by atomic mass is 9.94. The fourth-order valence-corrected chi connectivity index (χ4v) is 3.77. The zero-order chi connectivity index (χ0) is 22.8. The molecule has 1 aromatic heterocycles. The van der Waals surface area contributed by atoms with Gasteiger partial charge in [0.25, 0.3) is 5.56 Å². The molecule has 0 radical (unpaired) electrons. The van der Waals surface area contributed by atoms with Gasteiger partial charge in [0.15, 0.2) is 0 Å². The molecule has 0 bridgehead atoms. The van der Waals surface area contributed by atoms with E-state index in [0.29, 0.717) is 35.6 Å². The molecule has 31 heavy (non-hydrogen) atoms. The van der Waals surface area contributed by atoms with E-state index < -0.39 is 11.5 Å². The maximum absolute atomic E-state index is 13.5. The number of aromatic nitrogens is 2. The molecule has 0 fully saturated rings. The van der Waals surface area contributed by atoms with E-state index >= 15 is 0 Å². The Balaban J connectivity index is 2.25. The molecule has 1 amide bonds. The van der Waals surface area contributed by atoms with Crippen LogP contribution in [-0.2, 0) is 9.53 Å². The first-order chi connectivity index (χ1) is 14.6. The number of para-hydroxylation sites is 1. The number of hydrogen-bond acceptors (Lipinski definition) is 4. The molecular weight excluding hydrogens is 458 g/mol. The standard InChI is InChI=1S/C24H28BrN3O3/c1-16(27(14-15-31-5)23(30)24(2,3)4)21-26-20-9-7-6-8-19(20)22(29)28(21)18-12-10-17(25)11-13-18/h6-13,16H,14-15H2,1-5H3. The van der Waals surface area contributed by atoms with E-state index in [2.05, 4.69) is 15.9 Å². The molecular formula is C24H28BrN3O3. The van der Waals surface area contributed by atoms with Crippen molar-refractivity contribution in [2.75, 3.05) is 20.3 Å². The van der Waals surface area contributed by atoms with Crippen LogP contribution in [0.15, 0.2) is 57.8 Å². The molecule has 1 heterocycles. The lowest BCUT2D eigenvalue weighted by molar-refractivity contribution is -0.142. The number of fused-ring (bicyclic) bond motifs is 1. The van der Waals surface area contributed by atoms with E-state index in [1.807, 2.05) is 70.2 Å². The topological polar surface area (TPSA) is 64.4 Å². The van der Waals surface area contributed by atoms with Gasteiger partial charge >= 0.3 is 0 Å². The number of rotatable bonds is 6. The monoisotopic (exact) mass is 485 g/mol. The molecule has 0 aliphatic rings. The lowest BCUT2D eigenvalue weighted by Crippen LogP contribution is -2.44. The van der Waals surface area contributed by atoms with Crippen molar-refractivity contribution in [3.8, 4) is 5.69 Å². The minimum absolute atomic E-state index is 0.0261. The van der Waals surface area contributed by atoms with E-state index in [1.54, 1.807) is 22.6 Å². The van der Waals surface area contributed by atoms with Gasteiger partial charge in [-0.1, -0.05) is 48.8 Å². The van der Waals surface area contributed by atoms with Crippen LogP contribution < -0.4 is 5.56 Å². The summed E-state index contributed by atoms with van der Waals surface area (Å²) in [5.74, 6) is 0.488. The number of halogens is 1. The number of hydrogen-bond donors (Lipinski definition) is 0. The molecule has 2 aromatic carbocycles. The average Bonchev–Trinajstić information content (AvgIpc) is 2.74. The summed E-state index contributed by atoms with van der Waals surface area (Å²) in [6, 6.07) is 14.3. The highest BCUT2D eigenvalue weighted by molar-refractivity contribution is 9.10. The summed E-state index contributed by atoms with van der Waals surface area (Å²) in [6.07, 6.45) is 0. The molecule has 0 N–H and O–H groups in total. The van der Waals surface area contributed by atoms with Gasteiger partial charge in [-0.25, -0.2) is 4.98 Å². The van der Waals surface area contributed by atoms with Gasteiger partial charge in [0.2, 0.25) is 5.91 Å². The molecule has 3 aromatic rings. The SMILES string of the molecule is COCCN(C(=O)C(C)(C)C)C(C)c1nc2ccccc2c(=O)n1-c1ccc(Br)cc1. The highest BCUT2D eigenvalue weighted by Gasteiger charge is 2.33. The number of carbonyl (C=O) groups is 1. The second-order valence-corrected chi connectivity index (χ2v) is 9.44. The molecule has 0 aliphatic carbocycles. The quantitative estimate of drug-likeness (QED) is 0.506. The van der Waals surface area contributed by atoms with Crippen LogP contribution in [0.4, 0.5) is 0 Å². The number of methoxy groups -OCH3 is 1. The third-order valence-electron chi connectivity index (χ3n) is 5.17. The first-order valence-electron chi connectivity index (χ1n) is 10.2. The smallest absolute Gasteiger partial charge is 0.266 e. The third kappa shape index (κ3) is 4.88. The van der Waals surface area contributed by atoms with Crippen LogP contribution in [0, 0.1) is 5.41 Å². The maximum atomic E-state index is 13.5. The summed E-state index contributed by atoms with van der Waals surface area (Å²) < 4.78 is 7.78. The summed E-state index contributed by atoms with van der Waals surface area (Å²) in [5.41, 5.74) is 0.562. The molecule has 1 atom stereocenters. The van der Waals surface area contributed by atoms with Gasteiger partial charge in [-0.15, -0.1) is 0 Å². The van der Waals surface area contributed by atoms with Crippen LogP contribution in [0.25, 0.3) is 16.6 Å². The maximum Gasteiger partial charge on any atom is 0.266 e. The molecule has 6 nitrogen and oxygen atoms in total. The van der Waals surface area contributed by atoms with Crippen LogP contribution in [0.2, 0.25) is 0 Å². The zero-order valence-corrected chi connectivity index (χ0v) is 20.1. The van der Waals surface area contributed by atoms with Crippen molar-refractivity contribution in [1.29, 1.82) is 0 Å². The Bertz CT molecular complexity index is 1130. The Morgan fingerprint density at radius 2 is 1.81 bits per heavy atom. The fraction of sp³-hybridized carbons (Fsp3) is 0.375. The second-order valence-electron chi connectivity index (χ2n) is 8.52. The molecule has 0 spiro atoms. The number of ether oxygens (including phenoxy) is 1. The van der Waals surface area contributed by atoms with Gasteiger partial charge in [-0.3, -0.25) is 14.2 Å². The summed E-state index contributed by atoms with van der Waals surface area (Å²) >= 11 is 3.45. The van der Waals surface area contributed by atoms with Crippen molar-refractivity contribution in [3.05, 3.63) is 69.2 Å². The van der Waals surface area contributed by atoms with Gasteiger partial charge in [-0.2, -0.15) is 0 Å². The van der Waals surface area contributed by atoms with Gasteiger partial charge in [0.05, 0.1) is 29.2 Å². The molecule has 0 saturated heterocycles. The van der Waals surface area contributed by atoms with E-state index in [-0.39, 0.29) is 11.5 Å². The average molecular weight is 486 g/mol. The minimum atomic E-state index is -0.582. The van der Waals surface area contributed by atoms with Crippen molar-refractivity contribution in [3.63, 3.8) is 0 Å². The van der Waals surface area contributed by atoms with E-state index in [9.17, 15) is 9.59 Å². The molecule has 0 saturated carbocycles. The van der Waals surface area contributed by atoms with Crippen molar-refractivity contribution < 1.29 is 9.53 Å². The minimum Gasteiger partial charge on any atom is -0.383 e. The first kappa shape index (κ1) is 23.2. The molecule has 3 rings (SSSR count). The van der Waals surface area contributed by atoms with Crippen LogP contribution in [-0.4, -0.2) is 40.6 Å². The lowest BCUT2D eigenvalue weighted by Gasteiger charge is -2.34. The Morgan fingerprint density at radius 1 is 1.16 bits per heavy atom. The highest BCUT2D eigenvalue weighted by Crippen LogP contribution is 2.28. The van der Waals surface area contributed by atoms with Crippen molar-refractivity contribution in [2.24, 2.45) is 5.41 Å². The van der Waals surface area contributed by atoms with Crippen LogP contribution in [0.1, 0.15) is 39.6 Å². The normalized spacial score (nSPS) is 12.7. The van der Waals surface area contributed by atoms with Gasteiger partial charge in [-0.05, 0) is 43.3 Å². The van der Waals surface area contributed by atoms with E-state index in [4.69, 9.17) is 9.72 Å². The largest absolute Gasteiger partial charge is 0.383 e. The van der Waals surface area contributed by atoms with Crippen LogP contribution in [0.3, 0.4) is 0 Å².